The lowest BCUT2D eigenvalue weighted by Crippen LogP contribution is -2.56. The van der Waals surface area contributed by atoms with Crippen molar-refractivity contribution in [3.8, 4) is 0 Å². The molecule has 1 amide bonds. The van der Waals surface area contributed by atoms with Crippen LogP contribution in [0.15, 0.2) is 18.2 Å². The molecule has 2 atom stereocenters. The van der Waals surface area contributed by atoms with E-state index in [1.165, 1.54) is 12.5 Å². The van der Waals surface area contributed by atoms with Crippen LogP contribution < -0.4 is 5.32 Å². The molecule has 0 spiro atoms. The molecule has 23 heavy (non-hydrogen) atoms. The van der Waals surface area contributed by atoms with Gasteiger partial charge in [-0.05, 0) is 56.7 Å². The van der Waals surface area contributed by atoms with Gasteiger partial charge in [-0.15, -0.1) is 0 Å². The third-order valence-corrected chi connectivity index (χ3v) is 4.84. The average molecular weight is 320 g/mol. The van der Waals surface area contributed by atoms with Gasteiger partial charge in [0.15, 0.2) is 0 Å². The van der Waals surface area contributed by atoms with E-state index in [-0.39, 0.29) is 17.3 Å². The lowest BCUT2D eigenvalue weighted by atomic mass is 9.88. The molecule has 0 bridgehead atoms. The number of benzene rings is 1. The van der Waals surface area contributed by atoms with Crippen LogP contribution in [-0.4, -0.2) is 36.0 Å². The van der Waals surface area contributed by atoms with Crippen molar-refractivity contribution >= 4 is 5.91 Å². The maximum atomic E-state index is 13.6. The molecule has 2 unspecified atom stereocenters. The Balaban J connectivity index is 1.97. The lowest BCUT2D eigenvalue weighted by Gasteiger charge is -2.45. The second-order valence-electron chi connectivity index (χ2n) is 7.81. The van der Waals surface area contributed by atoms with E-state index < -0.39 is 0 Å². The molecule has 0 aromatic heterocycles. The first-order valence-corrected chi connectivity index (χ1v) is 8.48. The zero-order valence-electron chi connectivity index (χ0n) is 14.9. The van der Waals surface area contributed by atoms with Crippen molar-refractivity contribution in [2.45, 2.75) is 46.6 Å². The Labute approximate surface area is 139 Å². The van der Waals surface area contributed by atoms with Gasteiger partial charge >= 0.3 is 0 Å². The number of piperidine rings is 1. The standard InChI is InChI=1S/C19H29FN2O/c1-13-8-14(2)11-22(10-13)19(4,5)12-21-18(23)16-7-6-15(3)17(20)9-16/h6-7,9,13-14H,8,10-12H2,1-5H3,(H,21,23). The average Bonchev–Trinajstić information content (AvgIpc) is 2.46. The predicted molar refractivity (Wildman–Crippen MR) is 92.1 cm³/mol. The summed E-state index contributed by atoms with van der Waals surface area (Å²) in [5.74, 6) is 0.811. The Morgan fingerprint density at radius 3 is 2.48 bits per heavy atom. The Hall–Kier alpha value is -1.42. The summed E-state index contributed by atoms with van der Waals surface area (Å²) < 4.78 is 13.6. The highest BCUT2D eigenvalue weighted by Gasteiger charge is 2.32. The van der Waals surface area contributed by atoms with Crippen molar-refractivity contribution in [1.82, 2.24) is 10.2 Å². The predicted octanol–water partition coefficient (Wildman–Crippen LogP) is 3.62. The van der Waals surface area contributed by atoms with Crippen LogP contribution in [0.4, 0.5) is 4.39 Å². The van der Waals surface area contributed by atoms with Crippen molar-refractivity contribution in [2.75, 3.05) is 19.6 Å². The quantitative estimate of drug-likeness (QED) is 0.919. The molecule has 128 valence electrons. The molecule has 1 fully saturated rings. The monoisotopic (exact) mass is 320 g/mol. The molecule has 0 saturated carbocycles. The highest BCUT2D eigenvalue weighted by Crippen LogP contribution is 2.26. The van der Waals surface area contributed by atoms with E-state index in [0.29, 0.717) is 29.5 Å². The summed E-state index contributed by atoms with van der Waals surface area (Å²) in [6, 6.07) is 4.62. The van der Waals surface area contributed by atoms with Gasteiger partial charge in [-0.3, -0.25) is 9.69 Å². The van der Waals surface area contributed by atoms with Crippen LogP contribution in [0.25, 0.3) is 0 Å². The van der Waals surface area contributed by atoms with Gasteiger partial charge in [-0.1, -0.05) is 19.9 Å². The molecule has 1 aliphatic heterocycles. The van der Waals surface area contributed by atoms with Gasteiger partial charge < -0.3 is 5.32 Å². The molecule has 1 N–H and O–H groups in total. The van der Waals surface area contributed by atoms with Crippen molar-refractivity contribution in [1.29, 1.82) is 0 Å². The number of hydrogen-bond donors (Lipinski definition) is 1. The topological polar surface area (TPSA) is 32.3 Å². The number of amides is 1. The van der Waals surface area contributed by atoms with Crippen LogP contribution in [-0.2, 0) is 0 Å². The van der Waals surface area contributed by atoms with Crippen LogP contribution in [0, 0.1) is 24.6 Å². The van der Waals surface area contributed by atoms with E-state index in [4.69, 9.17) is 0 Å². The molecule has 1 aliphatic rings. The van der Waals surface area contributed by atoms with Crippen LogP contribution in [0.5, 0.6) is 0 Å². The first-order chi connectivity index (χ1) is 10.7. The molecule has 3 nitrogen and oxygen atoms in total. The highest BCUT2D eigenvalue weighted by molar-refractivity contribution is 5.94. The zero-order chi connectivity index (χ0) is 17.2. The fourth-order valence-corrected chi connectivity index (χ4v) is 3.40. The second-order valence-corrected chi connectivity index (χ2v) is 7.81. The number of halogens is 1. The third kappa shape index (κ3) is 4.54. The fourth-order valence-electron chi connectivity index (χ4n) is 3.40. The Morgan fingerprint density at radius 2 is 1.91 bits per heavy atom. The van der Waals surface area contributed by atoms with Crippen molar-refractivity contribution < 1.29 is 9.18 Å². The number of carbonyl (C=O) groups is 1. The van der Waals surface area contributed by atoms with Crippen LogP contribution in [0.1, 0.15) is 50.0 Å². The molecule has 1 heterocycles. The third-order valence-electron chi connectivity index (χ3n) is 4.84. The molecule has 1 aromatic carbocycles. The number of likely N-dealkylation sites (tertiary alicyclic amines) is 1. The summed E-state index contributed by atoms with van der Waals surface area (Å²) in [4.78, 5) is 14.7. The van der Waals surface area contributed by atoms with E-state index >= 15 is 0 Å². The number of hydrogen-bond acceptors (Lipinski definition) is 2. The summed E-state index contributed by atoms with van der Waals surface area (Å²) in [7, 11) is 0. The highest BCUT2D eigenvalue weighted by atomic mass is 19.1. The van der Waals surface area contributed by atoms with E-state index in [0.717, 1.165) is 13.1 Å². The van der Waals surface area contributed by atoms with E-state index in [1.54, 1.807) is 19.1 Å². The van der Waals surface area contributed by atoms with Crippen LogP contribution >= 0.6 is 0 Å². The van der Waals surface area contributed by atoms with Gasteiger partial charge in [-0.2, -0.15) is 0 Å². The summed E-state index contributed by atoms with van der Waals surface area (Å²) in [6.07, 6.45) is 1.27. The number of rotatable bonds is 4. The minimum absolute atomic E-state index is 0.109. The maximum absolute atomic E-state index is 13.6. The molecular formula is C19H29FN2O. The van der Waals surface area contributed by atoms with Crippen molar-refractivity contribution in [2.24, 2.45) is 11.8 Å². The lowest BCUT2D eigenvalue weighted by molar-refractivity contribution is 0.0445. The van der Waals surface area contributed by atoms with Crippen LogP contribution in [0.3, 0.4) is 0 Å². The number of aryl methyl sites for hydroxylation is 1. The van der Waals surface area contributed by atoms with Gasteiger partial charge in [0.25, 0.3) is 5.91 Å². The maximum Gasteiger partial charge on any atom is 0.251 e. The number of nitrogens with zero attached hydrogens (tertiary/aromatic N) is 1. The molecule has 1 saturated heterocycles. The zero-order valence-corrected chi connectivity index (χ0v) is 14.9. The minimum atomic E-state index is -0.337. The summed E-state index contributed by atoms with van der Waals surface area (Å²) in [6.45, 7) is 13.3. The molecular weight excluding hydrogens is 291 g/mol. The molecule has 1 aromatic rings. The SMILES string of the molecule is Cc1ccc(C(=O)NCC(C)(C)N2CC(C)CC(C)C2)cc1F. The Kier molecular flexibility index (Phi) is 5.45. The smallest absolute Gasteiger partial charge is 0.251 e. The van der Waals surface area contributed by atoms with Crippen LogP contribution in [0.2, 0.25) is 0 Å². The van der Waals surface area contributed by atoms with Gasteiger partial charge in [0.05, 0.1) is 0 Å². The summed E-state index contributed by atoms with van der Waals surface area (Å²) in [5, 5.41) is 2.97. The number of carbonyl (C=O) groups excluding carboxylic acids is 1. The summed E-state index contributed by atoms with van der Waals surface area (Å²) >= 11 is 0. The molecule has 0 aliphatic carbocycles. The molecule has 2 rings (SSSR count). The molecule has 0 radical (unpaired) electrons. The largest absolute Gasteiger partial charge is 0.350 e. The fraction of sp³-hybridized carbons (Fsp3) is 0.632. The van der Waals surface area contributed by atoms with Gasteiger partial charge in [0.2, 0.25) is 0 Å². The second kappa shape index (κ2) is 7.00. The Bertz CT molecular complexity index is 560. The Morgan fingerprint density at radius 1 is 1.30 bits per heavy atom. The van der Waals surface area contributed by atoms with Gasteiger partial charge in [-0.25, -0.2) is 4.39 Å². The normalized spacial score (nSPS) is 22.9. The van der Waals surface area contributed by atoms with E-state index in [1.807, 2.05) is 0 Å². The van der Waals surface area contributed by atoms with E-state index in [9.17, 15) is 9.18 Å². The number of nitrogens with one attached hydrogen (secondary N) is 1. The van der Waals surface area contributed by atoms with Crippen molar-refractivity contribution in [3.05, 3.63) is 35.1 Å². The summed E-state index contributed by atoms with van der Waals surface area (Å²) in [5.41, 5.74) is 0.824. The molecule has 4 heteroatoms. The van der Waals surface area contributed by atoms with Crippen molar-refractivity contribution in [3.63, 3.8) is 0 Å². The first kappa shape index (κ1) is 17.9. The van der Waals surface area contributed by atoms with E-state index in [2.05, 4.69) is 37.9 Å². The van der Waals surface area contributed by atoms with Gasteiger partial charge in [0, 0.05) is 30.7 Å². The first-order valence-electron chi connectivity index (χ1n) is 8.48. The minimum Gasteiger partial charge on any atom is -0.350 e. The van der Waals surface area contributed by atoms with Gasteiger partial charge in [0.1, 0.15) is 5.82 Å².